The molecule has 166 valence electrons. The molecule has 0 atom stereocenters. The Morgan fingerprint density at radius 2 is 1.59 bits per heavy atom. The summed E-state index contributed by atoms with van der Waals surface area (Å²) in [6.07, 6.45) is -3.65. The maximum atomic E-state index is 13.1. The largest absolute Gasteiger partial charge is 0.417 e. The van der Waals surface area contributed by atoms with E-state index >= 15 is 0 Å². The molecule has 0 aliphatic rings. The van der Waals surface area contributed by atoms with Crippen LogP contribution in [0.5, 0.6) is 0 Å². The zero-order valence-corrected chi connectivity index (χ0v) is 18.9. The fraction of sp³-hybridized carbons (Fsp3) is 0.143. The molecule has 0 saturated heterocycles. The van der Waals surface area contributed by atoms with Gasteiger partial charge >= 0.3 is 6.18 Å². The zero-order chi connectivity index (χ0) is 23.1. The van der Waals surface area contributed by atoms with Crippen LogP contribution in [0.3, 0.4) is 0 Å². The fourth-order valence-corrected chi connectivity index (χ4v) is 5.33. The number of benzene rings is 2. The molecule has 0 spiro atoms. The minimum Gasteiger partial charge on any atom is -0.276 e. The van der Waals surface area contributed by atoms with Crippen LogP contribution in [0, 0.1) is 6.92 Å². The summed E-state index contributed by atoms with van der Waals surface area (Å²) < 4.78 is 66.0. The number of alkyl halides is 3. The molecule has 0 aliphatic carbocycles. The molecule has 2 aromatic carbocycles. The maximum absolute atomic E-state index is 13.1. The molecular formula is C21H15ClF3N3O2S2. The monoisotopic (exact) mass is 497 g/mol. The highest BCUT2D eigenvalue weighted by Gasteiger charge is 2.32. The Bertz CT molecular complexity index is 1390. The molecule has 0 N–H and O–H groups in total. The first kappa shape index (κ1) is 22.6. The zero-order valence-electron chi connectivity index (χ0n) is 16.5. The molecule has 2 heterocycles. The summed E-state index contributed by atoms with van der Waals surface area (Å²) in [4.78, 5) is 0.363. The van der Waals surface area contributed by atoms with Crippen molar-refractivity contribution in [3.63, 3.8) is 0 Å². The molecule has 11 heteroatoms. The van der Waals surface area contributed by atoms with Crippen molar-refractivity contribution in [2.75, 3.05) is 0 Å². The van der Waals surface area contributed by atoms with Crippen LogP contribution in [0.15, 0.2) is 75.7 Å². The molecule has 32 heavy (non-hydrogen) atoms. The molecule has 0 aliphatic heterocycles. The van der Waals surface area contributed by atoms with E-state index in [1.54, 1.807) is 36.4 Å². The first-order chi connectivity index (χ1) is 15.1. The molecular weight excluding hydrogens is 483 g/mol. The van der Waals surface area contributed by atoms with Gasteiger partial charge in [-0.1, -0.05) is 53.2 Å². The first-order valence-corrected chi connectivity index (χ1v) is 12.1. The average molecular weight is 498 g/mol. The summed E-state index contributed by atoms with van der Waals surface area (Å²) >= 11 is 7.09. The lowest BCUT2D eigenvalue weighted by molar-refractivity contribution is -0.137. The first-order valence-electron chi connectivity index (χ1n) is 9.21. The van der Waals surface area contributed by atoms with Gasteiger partial charge in [0.15, 0.2) is 10.8 Å². The number of thioether (sulfide) groups is 1. The van der Waals surface area contributed by atoms with Crippen molar-refractivity contribution < 1.29 is 21.6 Å². The Hall–Kier alpha value is -2.56. The standard InChI is InChI=1S/C21H15ClF3N3O2S2/c1-13-2-6-16(7-3-13)32(29,30)17-8-4-14(5-9-17)12-31-20-27-26-19-18(22)10-15(11-28(19)20)21(23,24)25/h2-11H,12H2,1H3. The van der Waals surface area contributed by atoms with Gasteiger partial charge in [-0.15, -0.1) is 10.2 Å². The van der Waals surface area contributed by atoms with Gasteiger partial charge in [0.05, 0.1) is 20.4 Å². The van der Waals surface area contributed by atoms with Gasteiger partial charge in [-0.25, -0.2) is 8.42 Å². The van der Waals surface area contributed by atoms with E-state index in [2.05, 4.69) is 10.2 Å². The number of aryl methyl sites for hydroxylation is 1. The number of rotatable bonds is 5. The van der Waals surface area contributed by atoms with Crippen LogP contribution in [-0.2, 0) is 21.8 Å². The van der Waals surface area contributed by atoms with E-state index in [9.17, 15) is 21.6 Å². The number of nitrogens with zero attached hydrogens (tertiary/aromatic N) is 3. The van der Waals surface area contributed by atoms with Gasteiger partial charge in [0.1, 0.15) is 0 Å². The van der Waals surface area contributed by atoms with Crippen LogP contribution in [0.1, 0.15) is 16.7 Å². The summed E-state index contributed by atoms with van der Waals surface area (Å²) in [5, 5.41) is 7.87. The van der Waals surface area contributed by atoms with Crippen molar-refractivity contribution >= 4 is 38.8 Å². The van der Waals surface area contributed by atoms with E-state index in [-0.39, 0.29) is 25.6 Å². The second-order valence-corrected chi connectivity index (χ2v) is 10.3. The van der Waals surface area contributed by atoms with Gasteiger partial charge in [-0.3, -0.25) is 4.40 Å². The molecule has 0 saturated carbocycles. The minimum atomic E-state index is -4.55. The molecule has 2 aromatic heterocycles. The number of halogens is 4. The molecule has 0 radical (unpaired) electrons. The van der Waals surface area contributed by atoms with Crippen LogP contribution in [-0.4, -0.2) is 23.0 Å². The molecule has 0 bridgehead atoms. The predicted molar refractivity (Wildman–Crippen MR) is 116 cm³/mol. The van der Waals surface area contributed by atoms with Crippen molar-refractivity contribution in [2.45, 2.75) is 33.8 Å². The minimum absolute atomic E-state index is 0.127. The Balaban J connectivity index is 1.54. The van der Waals surface area contributed by atoms with Crippen molar-refractivity contribution in [1.82, 2.24) is 14.6 Å². The summed E-state index contributed by atoms with van der Waals surface area (Å²) in [7, 11) is -3.64. The molecule has 4 aromatic rings. The quantitative estimate of drug-likeness (QED) is 0.324. The van der Waals surface area contributed by atoms with Crippen molar-refractivity contribution in [1.29, 1.82) is 0 Å². The Labute approximate surface area is 191 Å². The summed E-state index contributed by atoms with van der Waals surface area (Å²) in [5.41, 5.74) is 0.956. The lowest BCUT2D eigenvalue weighted by atomic mass is 10.2. The third-order valence-corrected chi connectivity index (χ3v) is 7.77. The van der Waals surface area contributed by atoms with E-state index in [1.165, 1.54) is 16.5 Å². The molecule has 0 unspecified atom stereocenters. The van der Waals surface area contributed by atoms with Crippen molar-refractivity contribution in [3.8, 4) is 0 Å². The lowest BCUT2D eigenvalue weighted by Crippen LogP contribution is -2.07. The summed E-state index contributed by atoms with van der Waals surface area (Å²) in [5.74, 6) is 0.347. The van der Waals surface area contributed by atoms with Gasteiger partial charge in [0.25, 0.3) is 0 Å². The number of hydrogen-bond acceptors (Lipinski definition) is 5. The number of hydrogen-bond donors (Lipinski definition) is 0. The molecule has 4 rings (SSSR count). The topological polar surface area (TPSA) is 64.3 Å². The highest BCUT2D eigenvalue weighted by Crippen LogP contribution is 2.34. The molecule has 0 fully saturated rings. The van der Waals surface area contributed by atoms with Gasteiger partial charge in [0, 0.05) is 11.9 Å². The van der Waals surface area contributed by atoms with E-state index in [0.717, 1.165) is 35.2 Å². The normalized spacial score (nSPS) is 12.4. The third kappa shape index (κ3) is 4.48. The van der Waals surface area contributed by atoms with Crippen LogP contribution in [0.25, 0.3) is 5.65 Å². The van der Waals surface area contributed by atoms with Gasteiger partial charge < -0.3 is 0 Å². The van der Waals surface area contributed by atoms with Gasteiger partial charge in [0.2, 0.25) is 9.84 Å². The fourth-order valence-electron chi connectivity index (χ4n) is 2.95. The SMILES string of the molecule is Cc1ccc(S(=O)(=O)c2ccc(CSc3nnc4c(Cl)cc(C(F)(F)F)cn34)cc2)cc1. The van der Waals surface area contributed by atoms with Crippen molar-refractivity contribution in [2.24, 2.45) is 0 Å². The van der Waals surface area contributed by atoms with Crippen LogP contribution < -0.4 is 0 Å². The number of pyridine rings is 1. The Morgan fingerprint density at radius 1 is 1.00 bits per heavy atom. The predicted octanol–water partition coefficient (Wildman–Crippen LogP) is 5.84. The van der Waals surface area contributed by atoms with Gasteiger partial charge in [-0.2, -0.15) is 13.2 Å². The molecule has 5 nitrogen and oxygen atoms in total. The van der Waals surface area contributed by atoms with Gasteiger partial charge in [-0.05, 0) is 42.8 Å². The van der Waals surface area contributed by atoms with E-state index < -0.39 is 21.6 Å². The van der Waals surface area contributed by atoms with E-state index in [1.807, 2.05) is 6.92 Å². The number of sulfone groups is 1. The van der Waals surface area contributed by atoms with Crippen molar-refractivity contribution in [3.05, 3.63) is 82.5 Å². The third-order valence-electron chi connectivity index (χ3n) is 4.69. The van der Waals surface area contributed by atoms with E-state index in [0.29, 0.717) is 5.75 Å². The Morgan fingerprint density at radius 3 is 2.19 bits per heavy atom. The number of fused-ring (bicyclic) bond motifs is 1. The molecule has 0 amide bonds. The average Bonchev–Trinajstić information content (AvgIpc) is 3.16. The van der Waals surface area contributed by atoms with Crippen LogP contribution >= 0.6 is 23.4 Å². The summed E-state index contributed by atoms with van der Waals surface area (Å²) in [6, 6.07) is 13.7. The maximum Gasteiger partial charge on any atom is 0.417 e. The highest BCUT2D eigenvalue weighted by molar-refractivity contribution is 7.98. The van der Waals surface area contributed by atoms with Crippen LogP contribution in [0.4, 0.5) is 13.2 Å². The summed E-state index contributed by atoms with van der Waals surface area (Å²) in [6.45, 7) is 1.87. The lowest BCUT2D eigenvalue weighted by Gasteiger charge is -2.09. The number of aromatic nitrogens is 3. The highest BCUT2D eigenvalue weighted by atomic mass is 35.5. The van der Waals surface area contributed by atoms with E-state index in [4.69, 9.17) is 11.6 Å². The van der Waals surface area contributed by atoms with Crippen LogP contribution in [0.2, 0.25) is 5.02 Å². The Kier molecular flexibility index (Phi) is 5.95. The smallest absolute Gasteiger partial charge is 0.276 e. The second-order valence-electron chi connectivity index (χ2n) is 7.00. The second kappa shape index (κ2) is 8.42.